The zero-order valence-corrected chi connectivity index (χ0v) is 11.4. The van der Waals surface area contributed by atoms with Crippen molar-refractivity contribution in [3.63, 3.8) is 0 Å². The van der Waals surface area contributed by atoms with E-state index < -0.39 is 0 Å². The lowest BCUT2D eigenvalue weighted by atomic mass is 9.88. The molecule has 1 saturated heterocycles. The molecule has 1 aliphatic carbocycles. The average molecular weight is 224 g/mol. The van der Waals surface area contributed by atoms with Crippen LogP contribution in [0.4, 0.5) is 0 Å². The first-order valence-electron chi connectivity index (χ1n) is 6.97. The summed E-state index contributed by atoms with van der Waals surface area (Å²) in [6, 6.07) is 0.741. The van der Waals surface area contributed by atoms with E-state index in [2.05, 4.69) is 38.0 Å². The van der Waals surface area contributed by atoms with E-state index in [0.717, 1.165) is 17.9 Å². The molecule has 1 aliphatic heterocycles. The number of hydrogen-bond acceptors (Lipinski definition) is 2. The summed E-state index contributed by atoms with van der Waals surface area (Å²) >= 11 is 0. The van der Waals surface area contributed by atoms with Gasteiger partial charge in [0, 0.05) is 19.1 Å². The molecule has 0 amide bonds. The maximum absolute atomic E-state index is 3.45. The Morgan fingerprint density at radius 3 is 2.50 bits per heavy atom. The number of likely N-dealkylation sites (tertiary alicyclic amines) is 1. The van der Waals surface area contributed by atoms with E-state index in [1.54, 1.807) is 0 Å². The lowest BCUT2D eigenvalue weighted by Gasteiger charge is -2.39. The Hall–Kier alpha value is -0.0800. The van der Waals surface area contributed by atoms with Crippen LogP contribution in [0.2, 0.25) is 0 Å². The first-order valence-corrected chi connectivity index (χ1v) is 6.97. The van der Waals surface area contributed by atoms with Crippen LogP contribution in [0.3, 0.4) is 0 Å². The van der Waals surface area contributed by atoms with E-state index in [4.69, 9.17) is 0 Å². The topological polar surface area (TPSA) is 15.3 Å². The standard InChI is InChI=1S/C14H28N2/c1-11(2)14(6-7-14)10-16-8-5-13(15-4)12(3)9-16/h11-13,15H,5-10H2,1-4H3. The molecule has 16 heavy (non-hydrogen) atoms. The largest absolute Gasteiger partial charge is 0.317 e. The summed E-state index contributed by atoms with van der Waals surface area (Å²) in [5, 5.41) is 3.45. The van der Waals surface area contributed by atoms with Gasteiger partial charge in [-0.15, -0.1) is 0 Å². The third-order valence-corrected chi connectivity index (χ3v) is 5.02. The Morgan fingerprint density at radius 2 is 2.06 bits per heavy atom. The molecule has 2 heteroatoms. The van der Waals surface area contributed by atoms with E-state index in [0.29, 0.717) is 5.41 Å². The second kappa shape index (κ2) is 4.66. The number of piperidine rings is 1. The van der Waals surface area contributed by atoms with Gasteiger partial charge in [-0.3, -0.25) is 0 Å². The van der Waals surface area contributed by atoms with E-state index in [1.807, 2.05) is 0 Å². The van der Waals surface area contributed by atoms with Gasteiger partial charge < -0.3 is 10.2 Å². The zero-order chi connectivity index (χ0) is 11.8. The van der Waals surface area contributed by atoms with E-state index in [9.17, 15) is 0 Å². The third kappa shape index (κ3) is 2.43. The molecule has 2 fully saturated rings. The van der Waals surface area contributed by atoms with Crippen LogP contribution in [0.15, 0.2) is 0 Å². The molecule has 2 rings (SSSR count). The van der Waals surface area contributed by atoms with Crippen molar-refractivity contribution >= 4 is 0 Å². The molecule has 2 aliphatic rings. The smallest absolute Gasteiger partial charge is 0.0114 e. The summed E-state index contributed by atoms with van der Waals surface area (Å²) in [4.78, 5) is 2.71. The molecule has 2 unspecified atom stereocenters. The highest BCUT2D eigenvalue weighted by Crippen LogP contribution is 2.52. The first-order chi connectivity index (χ1) is 7.57. The molecule has 1 heterocycles. The van der Waals surface area contributed by atoms with Crippen LogP contribution in [-0.4, -0.2) is 37.6 Å². The van der Waals surface area contributed by atoms with Crippen LogP contribution < -0.4 is 5.32 Å². The van der Waals surface area contributed by atoms with Crippen LogP contribution in [0.1, 0.15) is 40.0 Å². The van der Waals surface area contributed by atoms with E-state index >= 15 is 0 Å². The molecule has 0 radical (unpaired) electrons. The fourth-order valence-corrected chi connectivity index (χ4v) is 3.33. The molecule has 2 atom stereocenters. The minimum Gasteiger partial charge on any atom is -0.317 e. The SMILES string of the molecule is CNC1CCN(CC2(C(C)C)CC2)CC1C. The number of nitrogens with zero attached hydrogens (tertiary/aromatic N) is 1. The normalized spacial score (nSPS) is 34.3. The lowest BCUT2D eigenvalue weighted by Crippen LogP contribution is -2.49. The quantitative estimate of drug-likeness (QED) is 0.788. The van der Waals surface area contributed by atoms with Crippen molar-refractivity contribution in [3.05, 3.63) is 0 Å². The molecule has 94 valence electrons. The van der Waals surface area contributed by atoms with E-state index in [1.165, 1.54) is 38.9 Å². The third-order valence-electron chi connectivity index (χ3n) is 5.02. The van der Waals surface area contributed by atoms with E-state index in [-0.39, 0.29) is 0 Å². The molecule has 0 bridgehead atoms. The highest BCUT2D eigenvalue weighted by molar-refractivity contribution is 4.98. The molecular formula is C14H28N2. The zero-order valence-electron chi connectivity index (χ0n) is 11.4. The minimum absolute atomic E-state index is 0.687. The van der Waals surface area contributed by atoms with Crippen molar-refractivity contribution in [2.24, 2.45) is 17.3 Å². The highest BCUT2D eigenvalue weighted by Gasteiger charge is 2.46. The minimum atomic E-state index is 0.687. The molecular weight excluding hydrogens is 196 g/mol. The van der Waals surface area contributed by atoms with Crippen LogP contribution in [0, 0.1) is 17.3 Å². The van der Waals surface area contributed by atoms with Gasteiger partial charge in [0.15, 0.2) is 0 Å². The van der Waals surface area contributed by atoms with Gasteiger partial charge in [-0.2, -0.15) is 0 Å². The summed E-state index contributed by atoms with van der Waals surface area (Å²) in [6.07, 6.45) is 4.25. The summed E-state index contributed by atoms with van der Waals surface area (Å²) < 4.78 is 0. The Kier molecular flexibility index (Phi) is 3.60. The van der Waals surface area contributed by atoms with Gasteiger partial charge in [0.25, 0.3) is 0 Å². The lowest BCUT2D eigenvalue weighted by molar-refractivity contribution is 0.112. The van der Waals surface area contributed by atoms with Crippen molar-refractivity contribution < 1.29 is 0 Å². The van der Waals surface area contributed by atoms with Crippen LogP contribution >= 0.6 is 0 Å². The van der Waals surface area contributed by atoms with Gasteiger partial charge >= 0.3 is 0 Å². The summed E-state index contributed by atoms with van der Waals surface area (Å²) in [5.74, 6) is 1.67. The molecule has 0 aromatic heterocycles. The van der Waals surface area contributed by atoms with Gasteiger partial charge in [-0.1, -0.05) is 20.8 Å². The summed E-state index contributed by atoms with van der Waals surface area (Å²) in [5.41, 5.74) is 0.687. The summed E-state index contributed by atoms with van der Waals surface area (Å²) in [7, 11) is 2.10. The number of hydrogen-bond donors (Lipinski definition) is 1. The Balaban J connectivity index is 1.84. The van der Waals surface area contributed by atoms with Crippen molar-refractivity contribution in [2.45, 2.75) is 46.1 Å². The molecule has 1 saturated carbocycles. The Bertz CT molecular complexity index is 233. The maximum Gasteiger partial charge on any atom is 0.0114 e. The first kappa shape index (κ1) is 12.4. The molecule has 0 aromatic carbocycles. The van der Waals surface area contributed by atoms with Gasteiger partial charge in [-0.25, -0.2) is 0 Å². The summed E-state index contributed by atoms with van der Waals surface area (Å²) in [6.45, 7) is 11.1. The van der Waals surface area contributed by atoms with Crippen LogP contribution in [0.25, 0.3) is 0 Å². The predicted molar refractivity (Wildman–Crippen MR) is 69.6 cm³/mol. The number of nitrogens with one attached hydrogen (secondary N) is 1. The van der Waals surface area contributed by atoms with Crippen molar-refractivity contribution in [2.75, 3.05) is 26.7 Å². The van der Waals surface area contributed by atoms with Crippen molar-refractivity contribution in [3.8, 4) is 0 Å². The number of rotatable bonds is 4. The fraction of sp³-hybridized carbons (Fsp3) is 1.00. The van der Waals surface area contributed by atoms with Crippen molar-refractivity contribution in [1.29, 1.82) is 0 Å². The fourth-order valence-electron chi connectivity index (χ4n) is 3.33. The Morgan fingerprint density at radius 1 is 1.38 bits per heavy atom. The monoisotopic (exact) mass is 224 g/mol. The van der Waals surface area contributed by atoms with Gasteiger partial charge in [0.05, 0.1) is 0 Å². The van der Waals surface area contributed by atoms with Gasteiger partial charge in [0.1, 0.15) is 0 Å². The second-order valence-electron chi connectivity index (χ2n) is 6.41. The second-order valence-corrected chi connectivity index (χ2v) is 6.41. The van der Waals surface area contributed by atoms with Gasteiger partial charge in [0.2, 0.25) is 0 Å². The van der Waals surface area contributed by atoms with Crippen molar-refractivity contribution in [1.82, 2.24) is 10.2 Å². The molecule has 0 spiro atoms. The molecule has 2 nitrogen and oxygen atoms in total. The highest BCUT2D eigenvalue weighted by atomic mass is 15.2. The molecule has 1 N–H and O–H groups in total. The maximum atomic E-state index is 3.45. The Labute approximate surface area is 101 Å². The van der Waals surface area contributed by atoms with Crippen LogP contribution in [-0.2, 0) is 0 Å². The average Bonchev–Trinajstić information content (AvgIpc) is 2.99. The predicted octanol–water partition coefficient (Wildman–Crippen LogP) is 2.35. The van der Waals surface area contributed by atoms with Gasteiger partial charge in [-0.05, 0) is 50.1 Å². The van der Waals surface area contributed by atoms with Crippen LogP contribution in [0.5, 0.6) is 0 Å². The molecule has 0 aromatic rings.